The molecule has 0 bridgehead atoms. The van der Waals surface area contributed by atoms with Crippen molar-refractivity contribution in [3.05, 3.63) is 23.7 Å². The van der Waals surface area contributed by atoms with Crippen molar-refractivity contribution >= 4 is 0 Å². The average Bonchev–Trinajstić information content (AvgIpc) is 2.09. The molecule has 0 fully saturated rings. The normalized spacial score (nSPS) is 27.8. The lowest BCUT2D eigenvalue weighted by Crippen LogP contribution is -2.61. The highest BCUT2D eigenvalue weighted by Crippen LogP contribution is 2.21. The zero-order chi connectivity index (χ0) is 10.1. The third kappa shape index (κ3) is 1.62. The molecule has 0 aromatic rings. The van der Waals surface area contributed by atoms with E-state index in [2.05, 4.69) is 5.32 Å². The van der Waals surface area contributed by atoms with Crippen LogP contribution in [-0.2, 0) is 4.74 Å². The number of allylic oxidation sites excluding steroid dienone is 2. The van der Waals surface area contributed by atoms with E-state index in [0.717, 1.165) is 0 Å². The van der Waals surface area contributed by atoms with Crippen LogP contribution < -0.4 is 16.8 Å². The first-order valence-corrected chi connectivity index (χ1v) is 4.29. The van der Waals surface area contributed by atoms with Gasteiger partial charge in [0.25, 0.3) is 0 Å². The molecule has 5 N–H and O–H groups in total. The largest absolute Gasteiger partial charge is 0.482 e. The van der Waals surface area contributed by atoms with E-state index < -0.39 is 5.66 Å². The fourth-order valence-corrected chi connectivity index (χ4v) is 1.22. The van der Waals surface area contributed by atoms with Gasteiger partial charge in [0.05, 0.1) is 7.11 Å². The third-order valence-electron chi connectivity index (χ3n) is 2.35. The second-order valence-electron chi connectivity index (χ2n) is 3.51. The van der Waals surface area contributed by atoms with Crippen LogP contribution in [0.1, 0.15) is 13.8 Å². The van der Waals surface area contributed by atoms with E-state index in [1.807, 2.05) is 13.8 Å². The summed E-state index contributed by atoms with van der Waals surface area (Å²) in [5, 5.41) is 3.05. The summed E-state index contributed by atoms with van der Waals surface area (Å²) in [5.41, 5.74) is 11.8. The third-order valence-corrected chi connectivity index (χ3v) is 2.35. The maximum absolute atomic E-state index is 6.09. The van der Waals surface area contributed by atoms with Crippen LogP contribution in [0.2, 0.25) is 0 Å². The standard InChI is InChI=1S/C9H17N3O/c1-6(2)9(11)7(10)4-5-8(12-9)13-3/h4-6,12H,10-11H2,1-3H3. The van der Waals surface area contributed by atoms with Crippen molar-refractivity contribution in [2.24, 2.45) is 17.4 Å². The highest BCUT2D eigenvalue weighted by molar-refractivity contribution is 5.28. The molecule has 0 amide bonds. The van der Waals surface area contributed by atoms with Crippen molar-refractivity contribution in [1.82, 2.24) is 5.32 Å². The molecule has 4 heteroatoms. The highest BCUT2D eigenvalue weighted by Gasteiger charge is 2.34. The molecule has 1 heterocycles. The summed E-state index contributed by atoms with van der Waals surface area (Å²) >= 11 is 0. The molecule has 0 saturated carbocycles. The van der Waals surface area contributed by atoms with E-state index in [1.54, 1.807) is 19.3 Å². The Kier molecular flexibility index (Phi) is 2.52. The Morgan fingerprint density at radius 2 is 2.08 bits per heavy atom. The summed E-state index contributed by atoms with van der Waals surface area (Å²) in [5.74, 6) is 0.841. The Bertz CT molecular complexity index is 258. The first-order valence-electron chi connectivity index (χ1n) is 4.29. The molecule has 1 aliphatic rings. The number of ether oxygens (including phenoxy) is 1. The van der Waals surface area contributed by atoms with Crippen molar-refractivity contribution in [2.75, 3.05) is 7.11 Å². The molecule has 13 heavy (non-hydrogen) atoms. The van der Waals surface area contributed by atoms with Gasteiger partial charge in [-0.3, -0.25) is 0 Å². The van der Waals surface area contributed by atoms with Gasteiger partial charge in [-0.15, -0.1) is 0 Å². The van der Waals surface area contributed by atoms with E-state index in [1.165, 1.54) is 0 Å². The number of hydrogen-bond donors (Lipinski definition) is 3. The number of nitrogens with two attached hydrogens (primary N) is 2. The Balaban J connectivity index is 2.93. The molecule has 0 saturated heterocycles. The van der Waals surface area contributed by atoms with Crippen LogP contribution in [0.3, 0.4) is 0 Å². The molecule has 1 aliphatic heterocycles. The van der Waals surface area contributed by atoms with Gasteiger partial charge in [0.1, 0.15) is 5.66 Å². The van der Waals surface area contributed by atoms with Crippen LogP contribution in [0.15, 0.2) is 23.7 Å². The summed E-state index contributed by atoms with van der Waals surface area (Å²) in [6.07, 6.45) is 3.54. The molecule has 1 atom stereocenters. The topological polar surface area (TPSA) is 73.3 Å². The van der Waals surface area contributed by atoms with Gasteiger partial charge in [-0.05, 0) is 18.1 Å². The highest BCUT2D eigenvalue weighted by atomic mass is 16.5. The number of dihydropyridines is 1. The molecule has 0 spiro atoms. The van der Waals surface area contributed by atoms with Crippen LogP contribution in [0, 0.1) is 5.92 Å². The molecule has 74 valence electrons. The SMILES string of the molecule is COC1=CC=C(N)C(N)(C(C)C)N1. The van der Waals surface area contributed by atoms with Crippen molar-refractivity contribution in [2.45, 2.75) is 19.5 Å². The van der Waals surface area contributed by atoms with Crippen LogP contribution in [0.5, 0.6) is 0 Å². The molecule has 1 unspecified atom stereocenters. The lowest BCUT2D eigenvalue weighted by molar-refractivity contribution is 0.198. The minimum Gasteiger partial charge on any atom is -0.482 e. The second kappa shape index (κ2) is 3.30. The fraction of sp³-hybridized carbons (Fsp3) is 0.556. The predicted molar refractivity (Wildman–Crippen MR) is 52.3 cm³/mol. The quantitative estimate of drug-likeness (QED) is 0.573. The first-order chi connectivity index (χ1) is 6.00. The lowest BCUT2D eigenvalue weighted by Gasteiger charge is -2.38. The predicted octanol–water partition coefficient (Wildman–Crippen LogP) is 0.231. The molecule has 1 rings (SSSR count). The second-order valence-corrected chi connectivity index (χ2v) is 3.51. The van der Waals surface area contributed by atoms with Crippen LogP contribution >= 0.6 is 0 Å². The van der Waals surface area contributed by atoms with Crippen molar-refractivity contribution in [1.29, 1.82) is 0 Å². The Labute approximate surface area is 78.6 Å². The van der Waals surface area contributed by atoms with E-state index in [9.17, 15) is 0 Å². The van der Waals surface area contributed by atoms with Crippen LogP contribution in [0.25, 0.3) is 0 Å². The maximum atomic E-state index is 6.09. The minimum atomic E-state index is -0.694. The van der Waals surface area contributed by atoms with Gasteiger partial charge in [-0.1, -0.05) is 13.8 Å². The van der Waals surface area contributed by atoms with Crippen molar-refractivity contribution in [3.63, 3.8) is 0 Å². The number of nitrogens with one attached hydrogen (secondary N) is 1. The molecule has 0 radical (unpaired) electrons. The molecular formula is C9H17N3O. The summed E-state index contributed by atoms with van der Waals surface area (Å²) in [4.78, 5) is 0. The zero-order valence-electron chi connectivity index (χ0n) is 8.29. The average molecular weight is 183 g/mol. The van der Waals surface area contributed by atoms with E-state index in [0.29, 0.717) is 11.6 Å². The van der Waals surface area contributed by atoms with E-state index in [4.69, 9.17) is 16.2 Å². The van der Waals surface area contributed by atoms with Crippen molar-refractivity contribution < 1.29 is 4.74 Å². The first kappa shape index (κ1) is 9.92. The fourth-order valence-electron chi connectivity index (χ4n) is 1.22. The lowest BCUT2D eigenvalue weighted by atomic mass is 9.92. The van der Waals surface area contributed by atoms with Gasteiger partial charge in [0.2, 0.25) is 0 Å². The van der Waals surface area contributed by atoms with Gasteiger partial charge in [-0.2, -0.15) is 0 Å². The summed E-state index contributed by atoms with van der Waals surface area (Å²) < 4.78 is 5.05. The molecular weight excluding hydrogens is 166 g/mol. The summed E-state index contributed by atoms with van der Waals surface area (Å²) in [7, 11) is 1.59. The Morgan fingerprint density at radius 1 is 1.46 bits per heavy atom. The van der Waals surface area contributed by atoms with E-state index >= 15 is 0 Å². The van der Waals surface area contributed by atoms with Gasteiger partial charge < -0.3 is 21.5 Å². The Morgan fingerprint density at radius 3 is 2.54 bits per heavy atom. The maximum Gasteiger partial charge on any atom is 0.188 e. The van der Waals surface area contributed by atoms with Gasteiger partial charge >= 0.3 is 0 Å². The minimum absolute atomic E-state index is 0.197. The van der Waals surface area contributed by atoms with Crippen LogP contribution in [0.4, 0.5) is 0 Å². The molecule has 0 aliphatic carbocycles. The van der Waals surface area contributed by atoms with Crippen LogP contribution in [-0.4, -0.2) is 12.8 Å². The molecule has 0 aromatic heterocycles. The monoisotopic (exact) mass is 183 g/mol. The number of rotatable bonds is 2. The number of methoxy groups -OCH3 is 1. The summed E-state index contributed by atoms with van der Waals surface area (Å²) in [6, 6.07) is 0. The number of hydrogen-bond acceptors (Lipinski definition) is 4. The van der Waals surface area contributed by atoms with Gasteiger partial charge in [0, 0.05) is 5.70 Å². The smallest absolute Gasteiger partial charge is 0.188 e. The molecule has 0 aromatic carbocycles. The summed E-state index contributed by atoms with van der Waals surface area (Å²) in [6.45, 7) is 4.01. The van der Waals surface area contributed by atoms with E-state index in [-0.39, 0.29) is 5.92 Å². The van der Waals surface area contributed by atoms with Crippen molar-refractivity contribution in [3.8, 4) is 0 Å². The zero-order valence-corrected chi connectivity index (χ0v) is 8.29. The molecule has 4 nitrogen and oxygen atoms in total. The van der Waals surface area contributed by atoms with Gasteiger partial charge in [0.15, 0.2) is 5.88 Å². The van der Waals surface area contributed by atoms with Gasteiger partial charge in [-0.25, -0.2) is 0 Å². The Hall–Kier alpha value is -1.16.